The fourth-order valence-corrected chi connectivity index (χ4v) is 3.45. The molecule has 2 aromatic rings. The average Bonchev–Trinajstić information content (AvgIpc) is 3.04. The largest absolute Gasteiger partial charge is 0.333 e. The molecule has 0 saturated heterocycles. The monoisotopic (exact) mass is 305 g/mol. The Hall–Kier alpha value is -1.73. The first-order chi connectivity index (χ1) is 10.2. The molecular weight excluding hydrogens is 286 g/mol. The standard InChI is InChI=1S/C14H19N5OS/c1-3-11-10(2)21-14(16-11)17-13(20)9-18-6-7-19-5-4-15-12(19)8-18/h4-5H,3,6-9H2,1-2H3,(H,16,17,20). The lowest BCUT2D eigenvalue weighted by molar-refractivity contribution is -0.117. The van der Waals surface area contributed by atoms with Crippen molar-refractivity contribution in [3.05, 3.63) is 28.8 Å². The molecule has 7 heteroatoms. The van der Waals surface area contributed by atoms with E-state index in [1.807, 2.05) is 19.3 Å². The van der Waals surface area contributed by atoms with Gasteiger partial charge in [0.25, 0.3) is 0 Å². The van der Waals surface area contributed by atoms with Crippen LogP contribution in [-0.4, -0.2) is 38.4 Å². The molecule has 112 valence electrons. The van der Waals surface area contributed by atoms with Gasteiger partial charge in [0.05, 0.1) is 18.8 Å². The molecule has 0 fully saturated rings. The number of thiazole rings is 1. The van der Waals surface area contributed by atoms with Crippen molar-refractivity contribution >= 4 is 22.4 Å². The average molecular weight is 305 g/mol. The lowest BCUT2D eigenvalue weighted by Crippen LogP contribution is -2.39. The molecule has 0 atom stereocenters. The molecule has 1 N–H and O–H groups in total. The minimum atomic E-state index is -0.00795. The van der Waals surface area contributed by atoms with Crippen LogP contribution in [-0.2, 0) is 24.3 Å². The molecule has 0 spiro atoms. The highest BCUT2D eigenvalue weighted by Crippen LogP contribution is 2.22. The van der Waals surface area contributed by atoms with Crippen molar-refractivity contribution in [2.45, 2.75) is 33.4 Å². The Morgan fingerprint density at radius 1 is 1.48 bits per heavy atom. The summed E-state index contributed by atoms with van der Waals surface area (Å²) in [6.45, 7) is 6.97. The number of aryl methyl sites for hydroxylation is 2. The number of rotatable bonds is 4. The van der Waals surface area contributed by atoms with Gasteiger partial charge in [-0.1, -0.05) is 6.92 Å². The van der Waals surface area contributed by atoms with Crippen LogP contribution < -0.4 is 5.32 Å². The minimum Gasteiger partial charge on any atom is -0.333 e. The van der Waals surface area contributed by atoms with Crippen LogP contribution in [0.3, 0.4) is 0 Å². The van der Waals surface area contributed by atoms with Gasteiger partial charge in [0, 0.05) is 30.4 Å². The van der Waals surface area contributed by atoms with E-state index in [0.717, 1.165) is 37.6 Å². The molecule has 1 amide bonds. The summed E-state index contributed by atoms with van der Waals surface area (Å²) >= 11 is 1.54. The van der Waals surface area contributed by atoms with E-state index in [9.17, 15) is 4.79 Å². The maximum absolute atomic E-state index is 12.1. The Morgan fingerprint density at radius 3 is 3.10 bits per heavy atom. The number of carbonyl (C=O) groups is 1. The van der Waals surface area contributed by atoms with Gasteiger partial charge in [0.2, 0.25) is 5.91 Å². The van der Waals surface area contributed by atoms with Gasteiger partial charge in [-0.25, -0.2) is 9.97 Å². The van der Waals surface area contributed by atoms with E-state index in [-0.39, 0.29) is 5.91 Å². The Bertz CT molecular complexity index is 648. The van der Waals surface area contributed by atoms with Crippen molar-refractivity contribution in [2.75, 3.05) is 18.4 Å². The van der Waals surface area contributed by atoms with E-state index in [1.165, 1.54) is 4.88 Å². The molecule has 0 unspecified atom stereocenters. The molecule has 2 aromatic heterocycles. The predicted octanol–water partition coefficient (Wildman–Crippen LogP) is 1.66. The highest BCUT2D eigenvalue weighted by Gasteiger charge is 2.19. The van der Waals surface area contributed by atoms with E-state index in [0.29, 0.717) is 11.7 Å². The van der Waals surface area contributed by atoms with Gasteiger partial charge in [0.15, 0.2) is 5.13 Å². The second-order valence-electron chi connectivity index (χ2n) is 5.17. The first-order valence-electron chi connectivity index (χ1n) is 7.14. The summed E-state index contributed by atoms with van der Waals surface area (Å²) in [6.07, 6.45) is 4.69. The molecule has 0 aliphatic carbocycles. The zero-order chi connectivity index (χ0) is 14.8. The van der Waals surface area contributed by atoms with Crippen molar-refractivity contribution in [3.63, 3.8) is 0 Å². The molecule has 6 nitrogen and oxygen atoms in total. The van der Waals surface area contributed by atoms with Crippen LogP contribution in [0.1, 0.15) is 23.3 Å². The summed E-state index contributed by atoms with van der Waals surface area (Å²) in [5.74, 6) is 1.01. The first kappa shape index (κ1) is 14.2. The van der Waals surface area contributed by atoms with E-state index in [2.05, 4.69) is 31.7 Å². The number of aromatic nitrogens is 3. The molecule has 21 heavy (non-hydrogen) atoms. The smallest absolute Gasteiger partial charge is 0.240 e. The number of nitrogens with zero attached hydrogens (tertiary/aromatic N) is 4. The SMILES string of the molecule is CCc1nc(NC(=O)CN2CCn3ccnc3C2)sc1C. The molecule has 0 bridgehead atoms. The zero-order valence-electron chi connectivity index (χ0n) is 12.3. The number of amides is 1. The third-order valence-corrected chi connectivity index (χ3v) is 4.59. The lowest BCUT2D eigenvalue weighted by Gasteiger charge is -2.26. The second kappa shape index (κ2) is 5.95. The van der Waals surface area contributed by atoms with Gasteiger partial charge in [-0.05, 0) is 13.3 Å². The maximum Gasteiger partial charge on any atom is 0.240 e. The quantitative estimate of drug-likeness (QED) is 0.933. The molecule has 0 aromatic carbocycles. The lowest BCUT2D eigenvalue weighted by atomic mass is 10.3. The van der Waals surface area contributed by atoms with Crippen LogP contribution in [0.4, 0.5) is 5.13 Å². The Morgan fingerprint density at radius 2 is 2.33 bits per heavy atom. The fraction of sp³-hybridized carbons (Fsp3) is 0.500. The van der Waals surface area contributed by atoms with E-state index >= 15 is 0 Å². The summed E-state index contributed by atoms with van der Waals surface area (Å²) in [5, 5.41) is 3.60. The summed E-state index contributed by atoms with van der Waals surface area (Å²) in [6, 6.07) is 0. The Balaban J connectivity index is 1.57. The normalized spacial score (nSPS) is 15.0. The van der Waals surface area contributed by atoms with E-state index in [1.54, 1.807) is 11.3 Å². The fourth-order valence-electron chi connectivity index (χ4n) is 2.53. The van der Waals surface area contributed by atoms with Crippen LogP contribution in [0.15, 0.2) is 12.4 Å². The summed E-state index contributed by atoms with van der Waals surface area (Å²) in [4.78, 5) is 24.2. The molecule has 0 saturated carbocycles. The van der Waals surface area contributed by atoms with Crippen molar-refractivity contribution in [1.29, 1.82) is 0 Å². The summed E-state index contributed by atoms with van der Waals surface area (Å²) < 4.78 is 2.13. The molecule has 1 aliphatic heterocycles. The molecule has 0 radical (unpaired) electrons. The van der Waals surface area contributed by atoms with Gasteiger partial charge in [-0.3, -0.25) is 9.69 Å². The third-order valence-electron chi connectivity index (χ3n) is 3.66. The van der Waals surface area contributed by atoms with Crippen molar-refractivity contribution in [1.82, 2.24) is 19.4 Å². The number of imidazole rings is 1. The van der Waals surface area contributed by atoms with Crippen LogP contribution in [0, 0.1) is 6.92 Å². The van der Waals surface area contributed by atoms with Gasteiger partial charge in [-0.15, -0.1) is 11.3 Å². The van der Waals surface area contributed by atoms with Gasteiger partial charge in [0.1, 0.15) is 5.82 Å². The van der Waals surface area contributed by atoms with Gasteiger partial charge < -0.3 is 9.88 Å². The third kappa shape index (κ3) is 3.14. The number of anilines is 1. The molecule has 3 rings (SSSR count). The number of nitrogens with one attached hydrogen (secondary N) is 1. The van der Waals surface area contributed by atoms with Crippen LogP contribution in [0.5, 0.6) is 0 Å². The molecule has 1 aliphatic rings. The van der Waals surface area contributed by atoms with E-state index < -0.39 is 0 Å². The Kier molecular flexibility index (Phi) is 4.03. The topological polar surface area (TPSA) is 63.1 Å². The van der Waals surface area contributed by atoms with Gasteiger partial charge in [-0.2, -0.15) is 0 Å². The van der Waals surface area contributed by atoms with Crippen LogP contribution in [0.25, 0.3) is 0 Å². The number of carbonyl (C=O) groups excluding carboxylic acids is 1. The van der Waals surface area contributed by atoms with Crippen LogP contribution >= 0.6 is 11.3 Å². The number of hydrogen-bond acceptors (Lipinski definition) is 5. The molecule has 3 heterocycles. The van der Waals surface area contributed by atoms with Crippen LogP contribution in [0.2, 0.25) is 0 Å². The van der Waals surface area contributed by atoms with Crippen molar-refractivity contribution in [3.8, 4) is 0 Å². The summed E-state index contributed by atoms with van der Waals surface area (Å²) in [7, 11) is 0. The Labute approximate surface area is 127 Å². The van der Waals surface area contributed by atoms with Gasteiger partial charge >= 0.3 is 0 Å². The zero-order valence-corrected chi connectivity index (χ0v) is 13.1. The number of hydrogen-bond donors (Lipinski definition) is 1. The van der Waals surface area contributed by atoms with E-state index in [4.69, 9.17) is 0 Å². The molecular formula is C14H19N5OS. The minimum absolute atomic E-state index is 0.00795. The van der Waals surface area contributed by atoms with Crippen molar-refractivity contribution in [2.24, 2.45) is 0 Å². The highest BCUT2D eigenvalue weighted by atomic mass is 32.1. The second-order valence-corrected chi connectivity index (χ2v) is 6.37. The number of fused-ring (bicyclic) bond motifs is 1. The summed E-state index contributed by atoms with van der Waals surface area (Å²) in [5.41, 5.74) is 1.07. The van der Waals surface area contributed by atoms with Crippen molar-refractivity contribution < 1.29 is 4.79 Å². The highest BCUT2D eigenvalue weighted by molar-refractivity contribution is 7.15. The maximum atomic E-state index is 12.1. The predicted molar refractivity (Wildman–Crippen MR) is 82.4 cm³/mol. The first-order valence-corrected chi connectivity index (χ1v) is 7.96.